The number of nitrogens with zero attached hydrogens (tertiary/aromatic N) is 1. The third-order valence-electron chi connectivity index (χ3n) is 3.54. The second kappa shape index (κ2) is 5.85. The van der Waals surface area contributed by atoms with Gasteiger partial charge in [-0.15, -0.1) is 0 Å². The van der Waals surface area contributed by atoms with E-state index in [0.29, 0.717) is 11.3 Å². The van der Waals surface area contributed by atoms with Gasteiger partial charge >= 0.3 is 0 Å². The Morgan fingerprint density at radius 2 is 1.78 bits per heavy atom. The number of hydrogen-bond donors (Lipinski definition) is 1. The van der Waals surface area contributed by atoms with E-state index in [4.69, 9.17) is 0 Å². The third kappa shape index (κ3) is 3.24. The van der Waals surface area contributed by atoms with Crippen molar-refractivity contribution in [2.75, 3.05) is 6.26 Å². The lowest BCUT2D eigenvalue weighted by molar-refractivity contribution is 0.475. The number of phenols is 1. The van der Waals surface area contributed by atoms with Crippen molar-refractivity contribution >= 4 is 32.5 Å². The van der Waals surface area contributed by atoms with Crippen LogP contribution in [0.15, 0.2) is 70.6 Å². The van der Waals surface area contributed by atoms with Gasteiger partial charge in [0.25, 0.3) is 0 Å². The first-order chi connectivity index (χ1) is 10.9. The van der Waals surface area contributed by atoms with Crippen LogP contribution in [0, 0.1) is 0 Å². The molecule has 3 aromatic rings. The Morgan fingerprint density at radius 1 is 1.00 bits per heavy atom. The summed E-state index contributed by atoms with van der Waals surface area (Å²) in [5.41, 5.74) is 1.12. The summed E-state index contributed by atoms with van der Waals surface area (Å²) in [4.78, 5) is 4.53. The van der Waals surface area contributed by atoms with Gasteiger partial charge in [-0.3, -0.25) is 4.99 Å². The zero-order chi connectivity index (χ0) is 16.4. The van der Waals surface area contributed by atoms with Crippen LogP contribution in [0.2, 0.25) is 0 Å². The molecule has 0 atom stereocenters. The van der Waals surface area contributed by atoms with Crippen molar-refractivity contribution in [2.45, 2.75) is 4.90 Å². The molecule has 0 unspecified atom stereocenters. The Kier molecular flexibility index (Phi) is 3.88. The number of sulfone groups is 1. The minimum absolute atomic E-state index is 0.131. The Balaban J connectivity index is 2.06. The largest absolute Gasteiger partial charge is 0.507 e. The average Bonchev–Trinajstić information content (AvgIpc) is 2.53. The first-order valence-electron chi connectivity index (χ1n) is 7.00. The summed E-state index contributed by atoms with van der Waals surface area (Å²) < 4.78 is 23.2. The van der Waals surface area contributed by atoms with Crippen molar-refractivity contribution < 1.29 is 13.5 Å². The summed E-state index contributed by atoms with van der Waals surface area (Å²) in [6.45, 7) is 0. The molecule has 3 rings (SSSR count). The van der Waals surface area contributed by atoms with E-state index in [2.05, 4.69) is 4.99 Å². The highest BCUT2D eigenvalue weighted by molar-refractivity contribution is 7.90. The predicted molar refractivity (Wildman–Crippen MR) is 92.4 cm³/mol. The van der Waals surface area contributed by atoms with Gasteiger partial charge in [0, 0.05) is 18.0 Å². The molecule has 0 saturated heterocycles. The molecule has 116 valence electrons. The molecule has 1 N–H and O–H groups in total. The number of hydrogen-bond acceptors (Lipinski definition) is 4. The van der Waals surface area contributed by atoms with Crippen LogP contribution in [0.4, 0.5) is 5.69 Å². The van der Waals surface area contributed by atoms with Gasteiger partial charge < -0.3 is 5.11 Å². The summed E-state index contributed by atoms with van der Waals surface area (Å²) in [6.07, 6.45) is 2.71. The minimum Gasteiger partial charge on any atom is -0.507 e. The fourth-order valence-corrected chi connectivity index (χ4v) is 3.01. The van der Waals surface area contributed by atoms with Crippen LogP contribution in [0.5, 0.6) is 5.75 Å². The minimum atomic E-state index is -3.27. The van der Waals surface area contributed by atoms with E-state index in [1.54, 1.807) is 24.4 Å². The number of fused-ring (bicyclic) bond motifs is 1. The van der Waals surface area contributed by atoms with Crippen molar-refractivity contribution in [2.24, 2.45) is 4.99 Å². The van der Waals surface area contributed by atoms with E-state index in [1.807, 2.05) is 30.3 Å². The molecular weight excluding hydrogens is 310 g/mol. The maximum Gasteiger partial charge on any atom is 0.175 e. The lowest BCUT2D eigenvalue weighted by atomic mass is 10.0. The molecule has 0 aliphatic rings. The second-order valence-electron chi connectivity index (χ2n) is 5.25. The summed E-state index contributed by atoms with van der Waals surface area (Å²) in [5.74, 6) is 0.131. The van der Waals surface area contributed by atoms with Gasteiger partial charge in [0.1, 0.15) is 5.75 Å². The van der Waals surface area contributed by atoms with Crippen molar-refractivity contribution in [1.29, 1.82) is 0 Å². The molecule has 0 amide bonds. The van der Waals surface area contributed by atoms with Gasteiger partial charge in [0.15, 0.2) is 9.84 Å². The molecular formula is C18H15NO3S. The quantitative estimate of drug-likeness (QED) is 0.747. The topological polar surface area (TPSA) is 66.7 Å². The number of phenolic OH excluding ortho intramolecular Hbond substituents is 1. The molecule has 0 aliphatic carbocycles. The zero-order valence-corrected chi connectivity index (χ0v) is 13.3. The van der Waals surface area contributed by atoms with Gasteiger partial charge in [0.05, 0.1) is 10.6 Å². The van der Waals surface area contributed by atoms with E-state index < -0.39 is 9.84 Å². The monoisotopic (exact) mass is 325 g/mol. The Morgan fingerprint density at radius 3 is 2.57 bits per heavy atom. The maximum atomic E-state index is 11.6. The van der Waals surface area contributed by atoms with E-state index in [1.165, 1.54) is 12.1 Å². The highest BCUT2D eigenvalue weighted by atomic mass is 32.2. The third-order valence-corrected chi connectivity index (χ3v) is 4.65. The smallest absolute Gasteiger partial charge is 0.175 e. The second-order valence-corrected chi connectivity index (χ2v) is 7.26. The highest BCUT2D eigenvalue weighted by Gasteiger charge is 2.07. The first kappa shape index (κ1) is 15.2. The normalized spacial score (nSPS) is 12.0. The SMILES string of the molecule is CS(=O)(=O)c1cccc(N=Cc2c(O)ccc3ccccc23)c1. The van der Waals surface area contributed by atoms with E-state index in [-0.39, 0.29) is 10.6 Å². The van der Waals surface area contributed by atoms with Gasteiger partial charge in [0.2, 0.25) is 0 Å². The van der Waals surface area contributed by atoms with Crippen molar-refractivity contribution in [3.8, 4) is 5.75 Å². The molecule has 0 heterocycles. The molecule has 0 aromatic heterocycles. The van der Waals surface area contributed by atoms with Crippen LogP contribution in [0.1, 0.15) is 5.56 Å². The molecule has 4 nitrogen and oxygen atoms in total. The molecule has 0 saturated carbocycles. The molecule has 0 fully saturated rings. The van der Waals surface area contributed by atoms with Gasteiger partial charge in [-0.1, -0.05) is 36.4 Å². The Hall–Kier alpha value is -2.66. The lowest BCUT2D eigenvalue weighted by Gasteiger charge is -2.05. The number of rotatable bonds is 3. The first-order valence-corrected chi connectivity index (χ1v) is 8.89. The van der Waals surface area contributed by atoms with Gasteiger partial charge in [-0.05, 0) is 35.0 Å². The fraction of sp³-hybridized carbons (Fsp3) is 0.0556. The number of aliphatic imine (C=N–C) groups is 1. The van der Waals surface area contributed by atoms with E-state index in [9.17, 15) is 13.5 Å². The van der Waals surface area contributed by atoms with E-state index in [0.717, 1.165) is 17.0 Å². The van der Waals surface area contributed by atoms with Crippen LogP contribution in [-0.2, 0) is 9.84 Å². The molecule has 0 spiro atoms. The van der Waals surface area contributed by atoms with Crippen molar-refractivity contribution in [1.82, 2.24) is 0 Å². The molecule has 0 bridgehead atoms. The summed E-state index contributed by atoms with van der Waals surface area (Å²) >= 11 is 0. The van der Waals surface area contributed by atoms with Gasteiger partial charge in [-0.2, -0.15) is 0 Å². The molecule has 5 heteroatoms. The van der Waals surface area contributed by atoms with Crippen LogP contribution < -0.4 is 0 Å². The molecule has 0 radical (unpaired) electrons. The Bertz CT molecular complexity index is 1010. The van der Waals surface area contributed by atoms with Crippen LogP contribution in [0.3, 0.4) is 0 Å². The number of aromatic hydroxyl groups is 1. The maximum absolute atomic E-state index is 11.6. The summed E-state index contributed by atoms with van der Waals surface area (Å²) in [7, 11) is -3.27. The molecule has 23 heavy (non-hydrogen) atoms. The lowest BCUT2D eigenvalue weighted by Crippen LogP contribution is -1.95. The van der Waals surface area contributed by atoms with Crippen LogP contribution >= 0.6 is 0 Å². The Labute approximate surface area is 134 Å². The molecule has 3 aromatic carbocycles. The summed E-state index contributed by atoms with van der Waals surface area (Å²) in [5, 5.41) is 12.0. The van der Waals surface area contributed by atoms with Gasteiger partial charge in [-0.25, -0.2) is 8.42 Å². The van der Waals surface area contributed by atoms with Crippen LogP contribution in [-0.4, -0.2) is 26.0 Å². The average molecular weight is 325 g/mol. The van der Waals surface area contributed by atoms with E-state index >= 15 is 0 Å². The number of benzene rings is 3. The summed E-state index contributed by atoms with van der Waals surface area (Å²) in [6, 6.07) is 17.5. The highest BCUT2D eigenvalue weighted by Crippen LogP contribution is 2.26. The van der Waals surface area contributed by atoms with Crippen LogP contribution in [0.25, 0.3) is 10.8 Å². The predicted octanol–water partition coefficient (Wildman–Crippen LogP) is 3.70. The standard InChI is InChI=1S/C18H15NO3S/c1-23(21,22)15-7-4-6-14(11-15)19-12-17-16-8-3-2-5-13(16)9-10-18(17)20/h2-12,20H,1H3. The fourth-order valence-electron chi connectivity index (χ4n) is 2.35. The van der Waals surface area contributed by atoms with Crippen molar-refractivity contribution in [3.05, 3.63) is 66.2 Å². The zero-order valence-electron chi connectivity index (χ0n) is 12.5. The molecule has 0 aliphatic heterocycles. The van der Waals surface area contributed by atoms with Crippen molar-refractivity contribution in [3.63, 3.8) is 0 Å².